The van der Waals surface area contributed by atoms with Gasteiger partial charge in [0, 0.05) is 18.4 Å². The minimum absolute atomic E-state index is 0.159. The first-order valence-corrected chi connectivity index (χ1v) is 6.27. The molecule has 0 N–H and O–H groups in total. The lowest BCUT2D eigenvalue weighted by molar-refractivity contribution is -0.107. The van der Waals surface area contributed by atoms with Crippen molar-refractivity contribution < 1.29 is 9.59 Å². The number of ketones is 1. The van der Waals surface area contributed by atoms with Crippen molar-refractivity contribution in [2.75, 3.05) is 0 Å². The first-order valence-electron chi connectivity index (χ1n) is 6.27. The van der Waals surface area contributed by atoms with Crippen LogP contribution in [-0.2, 0) is 4.79 Å². The highest BCUT2D eigenvalue weighted by atomic mass is 16.1. The van der Waals surface area contributed by atoms with Crippen LogP contribution >= 0.6 is 0 Å². The Bertz CT molecular complexity index is 558. The summed E-state index contributed by atoms with van der Waals surface area (Å²) < 4.78 is 0. The maximum atomic E-state index is 12.0. The van der Waals surface area contributed by atoms with E-state index >= 15 is 0 Å². The van der Waals surface area contributed by atoms with Crippen LogP contribution in [0.15, 0.2) is 42.5 Å². The predicted molar refractivity (Wildman–Crippen MR) is 72.8 cm³/mol. The maximum Gasteiger partial charge on any atom is 0.162 e. The maximum absolute atomic E-state index is 12.0. The van der Waals surface area contributed by atoms with Crippen LogP contribution in [-0.4, -0.2) is 12.1 Å². The van der Waals surface area contributed by atoms with Crippen LogP contribution in [0.4, 0.5) is 0 Å². The molecule has 2 nitrogen and oxygen atoms in total. The van der Waals surface area contributed by atoms with E-state index < -0.39 is 0 Å². The highest BCUT2D eigenvalue weighted by Gasteiger charge is 2.06. The molecule has 0 amide bonds. The molecule has 0 unspecified atom stereocenters. The van der Waals surface area contributed by atoms with Gasteiger partial charge >= 0.3 is 0 Å². The summed E-state index contributed by atoms with van der Waals surface area (Å²) in [5.74, 6) is 0.159. The van der Waals surface area contributed by atoms with Crippen LogP contribution in [0.5, 0.6) is 0 Å². The molecule has 0 heterocycles. The molecule has 0 bridgehead atoms. The zero-order valence-electron chi connectivity index (χ0n) is 10.3. The van der Waals surface area contributed by atoms with Gasteiger partial charge in [-0.3, -0.25) is 4.79 Å². The van der Waals surface area contributed by atoms with Crippen LogP contribution < -0.4 is 0 Å². The number of fused-ring (bicyclic) bond motifs is 1. The van der Waals surface area contributed by atoms with E-state index in [4.69, 9.17) is 0 Å². The molecule has 0 radical (unpaired) electrons. The molecule has 18 heavy (non-hydrogen) atoms. The van der Waals surface area contributed by atoms with Gasteiger partial charge in [-0.05, 0) is 29.7 Å². The minimum atomic E-state index is 0.159. The largest absolute Gasteiger partial charge is 0.303 e. The fourth-order valence-electron chi connectivity index (χ4n) is 2.02. The molecule has 2 aromatic rings. The number of carbonyl (C=O) groups is 2. The summed E-state index contributed by atoms with van der Waals surface area (Å²) in [7, 11) is 0. The van der Waals surface area contributed by atoms with Crippen LogP contribution in [0.3, 0.4) is 0 Å². The van der Waals surface area contributed by atoms with E-state index in [1.165, 1.54) is 0 Å². The fourth-order valence-corrected chi connectivity index (χ4v) is 2.02. The zero-order chi connectivity index (χ0) is 12.8. The number of unbranched alkanes of at least 4 members (excludes halogenated alkanes) is 2. The Morgan fingerprint density at radius 3 is 2.56 bits per heavy atom. The molecule has 0 saturated heterocycles. The lowest BCUT2D eigenvalue weighted by Gasteiger charge is -2.03. The molecular formula is C16H16O2. The third-order valence-corrected chi connectivity index (χ3v) is 3.05. The highest BCUT2D eigenvalue weighted by molar-refractivity contribution is 5.99. The van der Waals surface area contributed by atoms with Crippen molar-refractivity contribution in [3.63, 3.8) is 0 Å². The van der Waals surface area contributed by atoms with Gasteiger partial charge in [-0.15, -0.1) is 0 Å². The number of benzene rings is 2. The summed E-state index contributed by atoms with van der Waals surface area (Å²) in [6.45, 7) is 0. The molecule has 0 fully saturated rings. The monoisotopic (exact) mass is 240 g/mol. The summed E-state index contributed by atoms with van der Waals surface area (Å²) in [5, 5.41) is 2.24. The average Bonchev–Trinajstić information content (AvgIpc) is 2.43. The van der Waals surface area contributed by atoms with Crippen molar-refractivity contribution in [1.82, 2.24) is 0 Å². The molecule has 0 saturated carbocycles. The van der Waals surface area contributed by atoms with Crippen molar-refractivity contribution in [3.05, 3.63) is 48.0 Å². The summed E-state index contributed by atoms with van der Waals surface area (Å²) in [6.07, 6.45) is 3.55. The van der Waals surface area contributed by atoms with Crippen LogP contribution in [0.2, 0.25) is 0 Å². The van der Waals surface area contributed by atoms with Crippen molar-refractivity contribution in [2.45, 2.75) is 25.7 Å². The Balaban J connectivity index is 2.06. The number of hydrogen-bond donors (Lipinski definition) is 0. The lowest BCUT2D eigenvalue weighted by atomic mass is 10.0. The van der Waals surface area contributed by atoms with Crippen LogP contribution in [0, 0.1) is 0 Å². The van der Waals surface area contributed by atoms with Crippen molar-refractivity contribution in [3.8, 4) is 0 Å². The molecule has 0 atom stereocenters. The Labute approximate surface area is 107 Å². The Hall–Kier alpha value is -1.96. The molecule has 2 aromatic carbocycles. The predicted octanol–water partition coefficient (Wildman–Crippen LogP) is 3.78. The van der Waals surface area contributed by atoms with Crippen molar-refractivity contribution in [1.29, 1.82) is 0 Å². The van der Waals surface area contributed by atoms with E-state index in [0.717, 1.165) is 35.5 Å². The van der Waals surface area contributed by atoms with Crippen LogP contribution in [0.1, 0.15) is 36.0 Å². The molecule has 0 aliphatic heterocycles. The second-order valence-electron chi connectivity index (χ2n) is 4.40. The van der Waals surface area contributed by atoms with Gasteiger partial charge in [0.25, 0.3) is 0 Å². The lowest BCUT2D eigenvalue weighted by Crippen LogP contribution is -1.98. The second-order valence-corrected chi connectivity index (χ2v) is 4.40. The van der Waals surface area contributed by atoms with Gasteiger partial charge in [0.2, 0.25) is 0 Å². The Morgan fingerprint density at radius 1 is 1.00 bits per heavy atom. The van der Waals surface area contributed by atoms with E-state index in [2.05, 4.69) is 0 Å². The number of Topliss-reactive ketones (excluding diaryl/α,β-unsaturated/α-hetero) is 1. The van der Waals surface area contributed by atoms with Gasteiger partial charge in [-0.25, -0.2) is 0 Å². The van der Waals surface area contributed by atoms with E-state index in [1.54, 1.807) is 0 Å². The molecule has 0 aromatic heterocycles. The normalized spacial score (nSPS) is 10.4. The number of hydrogen-bond acceptors (Lipinski definition) is 2. The molecule has 0 spiro atoms. The van der Waals surface area contributed by atoms with E-state index in [1.807, 2.05) is 42.5 Å². The third kappa shape index (κ3) is 3.04. The summed E-state index contributed by atoms with van der Waals surface area (Å²) in [4.78, 5) is 22.1. The Kier molecular flexibility index (Phi) is 4.24. The zero-order valence-corrected chi connectivity index (χ0v) is 10.3. The average molecular weight is 240 g/mol. The van der Waals surface area contributed by atoms with Gasteiger partial charge in [0.1, 0.15) is 6.29 Å². The van der Waals surface area contributed by atoms with E-state index in [0.29, 0.717) is 12.8 Å². The molecule has 2 rings (SSSR count). The smallest absolute Gasteiger partial charge is 0.162 e. The summed E-state index contributed by atoms with van der Waals surface area (Å²) >= 11 is 0. The molecule has 2 heteroatoms. The van der Waals surface area contributed by atoms with Gasteiger partial charge in [-0.1, -0.05) is 36.4 Å². The molecule has 0 aliphatic rings. The minimum Gasteiger partial charge on any atom is -0.303 e. The van der Waals surface area contributed by atoms with E-state index in [9.17, 15) is 9.59 Å². The molecule has 0 aliphatic carbocycles. The van der Waals surface area contributed by atoms with Crippen molar-refractivity contribution >= 4 is 22.8 Å². The highest BCUT2D eigenvalue weighted by Crippen LogP contribution is 2.17. The number of aldehydes is 1. The van der Waals surface area contributed by atoms with Crippen molar-refractivity contribution in [2.24, 2.45) is 0 Å². The standard InChI is InChI=1S/C16H16O2/c17-11-5-1-2-8-16(18)15-10-9-13-6-3-4-7-14(13)12-15/h3-4,6-7,9-12H,1-2,5,8H2. The van der Waals surface area contributed by atoms with Gasteiger partial charge < -0.3 is 4.79 Å². The Morgan fingerprint density at radius 2 is 1.78 bits per heavy atom. The fraction of sp³-hybridized carbons (Fsp3) is 0.250. The quantitative estimate of drug-likeness (QED) is 0.437. The summed E-state index contributed by atoms with van der Waals surface area (Å²) in [6, 6.07) is 13.8. The summed E-state index contributed by atoms with van der Waals surface area (Å²) in [5.41, 5.74) is 0.764. The number of carbonyl (C=O) groups excluding carboxylic acids is 2. The second kappa shape index (κ2) is 6.10. The molecular weight excluding hydrogens is 224 g/mol. The number of rotatable bonds is 6. The SMILES string of the molecule is O=CCCCCC(=O)c1ccc2ccccc2c1. The molecule has 92 valence electrons. The van der Waals surface area contributed by atoms with E-state index in [-0.39, 0.29) is 5.78 Å². The first-order chi connectivity index (χ1) is 8.81. The van der Waals surface area contributed by atoms with Gasteiger partial charge in [0.05, 0.1) is 0 Å². The van der Waals surface area contributed by atoms with Gasteiger partial charge in [0.15, 0.2) is 5.78 Å². The van der Waals surface area contributed by atoms with Gasteiger partial charge in [-0.2, -0.15) is 0 Å². The first kappa shape index (κ1) is 12.5. The third-order valence-electron chi connectivity index (χ3n) is 3.05. The van der Waals surface area contributed by atoms with Crippen LogP contribution in [0.25, 0.3) is 10.8 Å². The topological polar surface area (TPSA) is 34.1 Å².